The average Bonchev–Trinajstić information content (AvgIpc) is 3.50. The van der Waals surface area contributed by atoms with Crippen molar-refractivity contribution < 1.29 is 19.0 Å². The van der Waals surface area contributed by atoms with Crippen molar-refractivity contribution in [2.45, 2.75) is 76.4 Å². The van der Waals surface area contributed by atoms with Gasteiger partial charge in [0.25, 0.3) is 0 Å². The smallest absolute Gasteiger partial charge is 0.410 e. The number of nitriles is 1. The van der Waals surface area contributed by atoms with Gasteiger partial charge >= 0.3 is 6.09 Å². The average molecular weight is 456 g/mol. The first-order valence-corrected chi connectivity index (χ1v) is 11.3. The number of hydrogen-bond donors (Lipinski definition) is 3. The Bertz CT molecular complexity index is 1030. The summed E-state index contributed by atoms with van der Waals surface area (Å²) in [4.78, 5) is 14.5. The minimum absolute atomic E-state index is 0.0275. The van der Waals surface area contributed by atoms with Gasteiger partial charge in [-0.1, -0.05) is 12.1 Å². The number of aromatic amines is 1. The van der Waals surface area contributed by atoms with Gasteiger partial charge in [0.2, 0.25) is 0 Å². The lowest BCUT2D eigenvalue weighted by Crippen LogP contribution is -2.57. The monoisotopic (exact) mass is 455 g/mol. The van der Waals surface area contributed by atoms with E-state index in [-0.39, 0.29) is 18.4 Å². The summed E-state index contributed by atoms with van der Waals surface area (Å²) in [5.74, 6) is -0.295. The standard InChI is InChI=1S/C24H30FN5O3/c1-24(2,3)33-23(32)30-19-7-6-16(9-19)21(30)22(31)29-18(11-26)8-15-5-4-14(10-20(15)25)17-12-27-28-13-17/h4-5,10,12-13,16,18-19,21-22,29,31H,6-9H2,1-3H3,(H,27,28). The van der Waals surface area contributed by atoms with Gasteiger partial charge in [0.15, 0.2) is 0 Å². The first kappa shape index (κ1) is 23.2. The summed E-state index contributed by atoms with van der Waals surface area (Å²) in [6, 6.07) is 5.65. The largest absolute Gasteiger partial charge is 0.444 e. The zero-order valence-electron chi connectivity index (χ0n) is 19.1. The van der Waals surface area contributed by atoms with Gasteiger partial charge in [-0.25, -0.2) is 9.18 Å². The number of ether oxygens (including phenoxy) is 1. The molecule has 176 valence electrons. The summed E-state index contributed by atoms with van der Waals surface area (Å²) in [7, 11) is 0. The van der Waals surface area contributed by atoms with Crippen molar-refractivity contribution in [2.24, 2.45) is 5.92 Å². The van der Waals surface area contributed by atoms with Crippen LogP contribution in [0.15, 0.2) is 30.6 Å². The molecule has 1 aromatic carbocycles. The fourth-order valence-corrected chi connectivity index (χ4v) is 4.99. The fourth-order valence-electron chi connectivity index (χ4n) is 4.99. The summed E-state index contributed by atoms with van der Waals surface area (Å²) >= 11 is 0. The molecule has 1 saturated carbocycles. The van der Waals surface area contributed by atoms with Crippen LogP contribution in [0.4, 0.5) is 9.18 Å². The molecule has 1 aliphatic heterocycles. The molecule has 4 rings (SSSR count). The van der Waals surface area contributed by atoms with Gasteiger partial charge in [0, 0.05) is 24.2 Å². The maximum Gasteiger partial charge on any atom is 0.410 e. The highest BCUT2D eigenvalue weighted by molar-refractivity contribution is 5.70. The van der Waals surface area contributed by atoms with Gasteiger partial charge in [0.05, 0.1) is 18.3 Å². The molecule has 1 amide bonds. The van der Waals surface area contributed by atoms with E-state index in [1.165, 1.54) is 6.07 Å². The first-order chi connectivity index (χ1) is 15.7. The quantitative estimate of drug-likeness (QED) is 0.576. The number of hydrogen-bond acceptors (Lipinski definition) is 6. The van der Waals surface area contributed by atoms with Crippen molar-refractivity contribution in [3.63, 3.8) is 0 Å². The normalized spacial score (nSPS) is 23.9. The zero-order valence-corrected chi connectivity index (χ0v) is 19.1. The molecule has 2 aliphatic rings. The highest BCUT2D eigenvalue weighted by atomic mass is 19.1. The number of fused-ring (bicyclic) bond motifs is 2. The Kier molecular flexibility index (Phi) is 6.41. The molecule has 5 atom stereocenters. The number of aromatic nitrogens is 2. The van der Waals surface area contributed by atoms with E-state index in [2.05, 4.69) is 21.6 Å². The molecule has 33 heavy (non-hydrogen) atoms. The second kappa shape index (κ2) is 9.12. The van der Waals surface area contributed by atoms with Crippen LogP contribution in [-0.4, -0.2) is 56.3 Å². The molecular formula is C24H30FN5O3. The van der Waals surface area contributed by atoms with E-state index >= 15 is 0 Å². The molecule has 9 heteroatoms. The van der Waals surface area contributed by atoms with Crippen molar-refractivity contribution in [2.75, 3.05) is 0 Å². The van der Waals surface area contributed by atoms with Crippen LogP contribution in [0.1, 0.15) is 45.6 Å². The number of piperidine rings is 1. The molecule has 8 nitrogen and oxygen atoms in total. The highest BCUT2D eigenvalue weighted by Crippen LogP contribution is 2.44. The minimum atomic E-state index is -1.12. The topological polar surface area (TPSA) is 114 Å². The van der Waals surface area contributed by atoms with Crippen molar-refractivity contribution in [1.82, 2.24) is 20.4 Å². The Labute approximate surface area is 192 Å². The van der Waals surface area contributed by atoms with Crippen LogP contribution in [0, 0.1) is 23.1 Å². The van der Waals surface area contributed by atoms with Crippen LogP contribution in [0.5, 0.6) is 0 Å². The molecule has 1 aromatic heterocycles. The van der Waals surface area contributed by atoms with Gasteiger partial charge < -0.3 is 9.84 Å². The van der Waals surface area contributed by atoms with E-state index in [1.54, 1.807) is 50.2 Å². The molecule has 5 unspecified atom stereocenters. The Balaban J connectivity index is 1.45. The second-order valence-electron chi connectivity index (χ2n) is 9.90. The first-order valence-electron chi connectivity index (χ1n) is 11.3. The van der Waals surface area contributed by atoms with Crippen molar-refractivity contribution in [3.8, 4) is 17.2 Å². The van der Waals surface area contributed by atoms with Crippen LogP contribution in [0.25, 0.3) is 11.1 Å². The number of likely N-dealkylation sites (tertiary alicyclic amines) is 1. The second-order valence-corrected chi connectivity index (χ2v) is 9.90. The van der Waals surface area contributed by atoms with Crippen LogP contribution >= 0.6 is 0 Å². The predicted octanol–water partition coefficient (Wildman–Crippen LogP) is 3.35. The molecule has 2 aromatic rings. The Morgan fingerprint density at radius 1 is 1.42 bits per heavy atom. The number of nitrogens with zero attached hydrogens (tertiary/aromatic N) is 3. The number of halogens is 1. The number of nitrogens with one attached hydrogen (secondary N) is 2. The van der Waals surface area contributed by atoms with Crippen LogP contribution in [-0.2, 0) is 11.2 Å². The maximum absolute atomic E-state index is 14.7. The third-order valence-electron chi connectivity index (χ3n) is 6.41. The Morgan fingerprint density at radius 2 is 2.21 bits per heavy atom. The van der Waals surface area contributed by atoms with Gasteiger partial charge in [-0.2, -0.15) is 10.4 Å². The lowest BCUT2D eigenvalue weighted by molar-refractivity contribution is -0.0283. The van der Waals surface area contributed by atoms with Crippen LogP contribution in [0.3, 0.4) is 0 Å². The molecule has 2 bridgehead atoms. The predicted molar refractivity (Wildman–Crippen MR) is 119 cm³/mol. The van der Waals surface area contributed by atoms with Gasteiger partial charge in [-0.15, -0.1) is 0 Å². The summed E-state index contributed by atoms with van der Waals surface area (Å²) < 4.78 is 20.3. The van der Waals surface area contributed by atoms with E-state index in [0.717, 1.165) is 24.8 Å². The SMILES string of the molecule is CC(C)(C)OC(=O)N1C2CCC(C2)C1C(O)NC(C#N)Cc1ccc(-c2cn[nH]c2)cc1F. The van der Waals surface area contributed by atoms with E-state index in [1.807, 2.05) is 0 Å². The molecular weight excluding hydrogens is 425 g/mol. The lowest BCUT2D eigenvalue weighted by Gasteiger charge is -2.39. The molecule has 3 N–H and O–H groups in total. The van der Waals surface area contributed by atoms with Gasteiger partial charge in [-0.3, -0.25) is 15.3 Å². The highest BCUT2D eigenvalue weighted by Gasteiger charge is 2.52. The molecule has 0 spiro atoms. The number of aliphatic hydroxyl groups excluding tert-OH is 1. The Morgan fingerprint density at radius 3 is 2.85 bits per heavy atom. The molecule has 2 fully saturated rings. The number of aliphatic hydroxyl groups is 1. The summed E-state index contributed by atoms with van der Waals surface area (Å²) in [5, 5.41) is 30.2. The molecule has 1 aliphatic carbocycles. The van der Waals surface area contributed by atoms with Crippen LogP contribution in [0.2, 0.25) is 0 Å². The van der Waals surface area contributed by atoms with Crippen molar-refractivity contribution in [3.05, 3.63) is 42.0 Å². The number of rotatable bonds is 6. The van der Waals surface area contributed by atoms with Gasteiger partial charge in [-0.05, 0) is 63.1 Å². The zero-order chi connectivity index (χ0) is 23.8. The number of benzene rings is 1. The van der Waals surface area contributed by atoms with Crippen molar-refractivity contribution in [1.29, 1.82) is 5.26 Å². The third kappa shape index (κ3) is 5.02. The van der Waals surface area contributed by atoms with E-state index < -0.39 is 35.8 Å². The van der Waals surface area contributed by atoms with E-state index in [0.29, 0.717) is 11.1 Å². The fraction of sp³-hybridized carbons (Fsp3) is 0.542. The Hall–Kier alpha value is -2.96. The number of carbonyl (C=O) groups is 1. The number of H-pyrrole nitrogens is 1. The van der Waals surface area contributed by atoms with Gasteiger partial charge in [0.1, 0.15) is 23.7 Å². The van der Waals surface area contributed by atoms with E-state index in [9.17, 15) is 19.6 Å². The van der Waals surface area contributed by atoms with E-state index in [4.69, 9.17) is 4.74 Å². The summed E-state index contributed by atoms with van der Waals surface area (Å²) in [6.45, 7) is 5.42. The molecule has 0 radical (unpaired) electrons. The molecule has 1 saturated heterocycles. The van der Waals surface area contributed by atoms with Crippen LogP contribution < -0.4 is 5.32 Å². The third-order valence-corrected chi connectivity index (χ3v) is 6.41. The lowest BCUT2D eigenvalue weighted by atomic mass is 9.96. The summed E-state index contributed by atoms with van der Waals surface area (Å²) in [5.41, 5.74) is 1.17. The molecule has 2 heterocycles. The van der Waals surface area contributed by atoms with Crippen molar-refractivity contribution >= 4 is 6.09 Å². The maximum atomic E-state index is 14.7. The number of carbonyl (C=O) groups excluding carboxylic acids is 1. The summed E-state index contributed by atoms with van der Waals surface area (Å²) in [6.07, 6.45) is 4.40. The number of amides is 1. The minimum Gasteiger partial charge on any atom is -0.444 e.